The summed E-state index contributed by atoms with van der Waals surface area (Å²) in [4.78, 5) is 14.4. The maximum Gasteiger partial charge on any atom is 0.239 e. The molecule has 0 saturated heterocycles. The third-order valence-electron chi connectivity index (χ3n) is 3.18. The molecular formula is C14H30N2OS. The van der Waals surface area contributed by atoms with Gasteiger partial charge in [0.15, 0.2) is 0 Å². The summed E-state index contributed by atoms with van der Waals surface area (Å²) in [6.07, 6.45) is 4.83. The molecule has 108 valence electrons. The first-order valence-electron chi connectivity index (χ1n) is 7.02. The van der Waals surface area contributed by atoms with Gasteiger partial charge in [0.25, 0.3) is 0 Å². The van der Waals surface area contributed by atoms with E-state index in [1.54, 1.807) is 11.8 Å². The van der Waals surface area contributed by atoms with Gasteiger partial charge < -0.3 is 10.6 Å². The number of nitrogens with two attached hydrogens (primary N) is 1. The van der Waals surface area contributed by atoms with Crippen LogP contribution in [0.3, 0.4) is 0 Å². The van der Waals surface area contributed by atoms with E-state index in [-0.39, 0.29) is 11.9 Å². The minimum Gasteiger partial charge on any atom is -0.338 e. The first-order valence-corrected chi connectivity index (χ1v) is 8.42. The average Bonchev–Trinajstić information content (AvgIpc) is 2.34. The Morgan fingerprint density at radius 2 is 1.83 bits per heavy atom. The normalized spacial score (nSPS) is 13.1. The molecular weight excluding hydrogens is 244 g/mol. The topological polar surface area (TPSA) is 46.3 Å². The van der Waals surface area contributed by atoms with Gasteiger partial charge >= 0.3 is 0 Å². The van der Waals surface area contributed by atoms with Crippen molar-refractivity contribution in [3.63, 3.8) is 0 Å². The van der Waals surface area contributed by atoms with Gasteiger partial charge in [-0.25, -0.2) is 0 Å². The van der Waals surface area contributed by atoms with Crippen molar-refractivity contribution in [3.8, 4) is 0 Å². The summed E-state index contributed by atoms with van der Waals surface area (Å²) in [5.74, 6) is 1.57. The molecule has 0 rings (SSSR count). The maximum absolute atomic E-state index is 12.4. The van der Waals surface area contributed by atoms with Crippen molar-refractivity contribution in [1.29, 1.82) is 0 Å². The Morgan fingerprint density at radius 3 is 2.22 bits per heavy atom. The summed E-state index contributed by atoms with van der Waals surface area (Å²) in [7, 11) is 0. The Morgan fingerprint density at radius 1 is 1.28 bits per heavy atom. The zero-order valence-electron chi connectivity index (χ0n) is 12.6. The van der Waals surface area contributed by atoms with E-state index in [0.717, 1.165) is 31.6 Å². The van der Waals surface area contributed by atoms with Crippen LogP contribution in [0.4, 0.5) is 0 Å². The second kappa shape index (κ2) is 9.68. The van der Waals surface area contributed by atoms with Crippen molar-refractivity contribution >= 4 is 17.7 Å². The first kappa shape index (κ1) is 17.8. The fourth-order valence-electron chi connectivity index (χ4n) is 2.12. The Hall–Kier alpha value is -0.220. The number of thioether (sulfide) groups is 1. The fraction of sp³-hybridized carbons (Fsp3) is 0.929. The van der Waals surface area contributed by atoms with Crippen molar-refractivity contribution in [3.05, 3.63) is 0 Å². The lowest BCUT2D eigenvalue weighted by molar-refractivity contribution is -0.135. The van der Waals surface area contributed by atoms with E-state index in [0.29, 0.717) is 12.0 Å². The molecule has 0 heterocycles. The molecule has 1 amide bonds. The molecule has 0 aromatic carbocycles. The standard InChI is InChI=1S/C14H30N2OS/c1-6-12(7-2)16(10-11(3)4)14(17)13(15)8-9-18-5/h11-13H,6-10,15H2,1-5H3/t13-/m0/s1. The van der Waals surface area contributed by atoms with Crippen LogP contribution < -0.4 is 5.73 Å². The molecule has 0 saturated carbocycles. The first-order chi connectivity index (χ1) is 8.47. The Kier molecular flexibility index (Phi) is 9.56. The van der Waals surface area contributed by atoms with E-state index in [4.69, 9.17) is 5.73 Å². The van der Waals surface area contributed by atoms with Gasteiger partial charge in [0.1, 0.15) is 0 Å². The van der Waals surface area contributed by atoms with Crippen LogP contribution in [0.5, 0.6) is 0 Å². The largest absolute Gasteiger partial charge is 0.338 e. The smallest absolute Gasteiger partial charge is 0.239 e. The Bertz CT molecular complexity index is 230. The SMILES string of the molecule is CCC(CC)N(CC(C)C)C(=O)[C@@H](N)CCSC. The lowest BCUT2D eigenvalue weighted by Gasteiger charge is -2.34. The van der Waals surface area contributed by atoms with Crippen LogP contribution in [0.2, 0.25) is 0 Å². The number of amides is 1. The van der Waals surface area contributed by atoms with Crippen LogP contribution in [0.25, 0.3) is 0 Å². The zero-order chi connectivity index (χ0) is 14.1. The van der Waals surface area contributed by atoms with E-state index in [1.807, 2.05) is 11.2 Å². The van der Waals surface area contributed by atoms with Gasteiger partial charge in [0.05, 0.1) is 6.04 Å². The zero-order valence-corrected chi connectivity index (χ0v) is 13.4. The second-order valence-electron chi connectivity index (χ2n) is 5.24. The van der Waals surface area contributed by atoms with E-state index in [2.05, 4.69) is 27.7 Å². The number of carbonyl (C=O) groups excluding carboxylic acids is 1. The highest BCUT2D eigenvalue weighted by Crippen LogP contribution is 2.14. The molecule has 0 radical (unpaired) electrons. The van der Waals surface area contributed by atoms with Crippen LogP contribution in [-0.2, 0) is 4.79 Å². The van der Waals surface area contributed by atoms with Crippen LogP contribution in [0.15, 0.2) is 0 Å². The summed E-state index contributed by atoms with van der Waals surface area (Å²) < 4.78 is 0. The van der Waals surface area contributed by atoms with Crippen molar-refractivity contribution in [2.75, 3.05) is 18.6 Å². The highest BCUT2D eigenvalue weighted by Gasteiger charge is 2.26. The molecule has 0 aliphatic carbocycles. The lowest BCUT2D eigenvalue weighted by atomic mass is 10.1. The molecule has 0 aliphatic heterocycles. The Labute approximate surface area is 117 Å². The van der Waals surface area contributed by atoms with Gasteiger partial charge in [0, 0.05) is 12.6 Å². The maximum atomic E-state index is 12.4. The second-order valence-corrected chi connectivity index (χ2v) is 6.23. The molecule has 0 bridgehead atoms. The van der Waals surface area contributed by atoms with E-state index < -0.39 is 0 Å². The van der Waals surface area contributed by atoms with Crippen molar-refractivity contribution in [1.82, 2.24) is 4.90 Å². The molecule has 0 unspecified atom stereocenters. The van der Waals surface area contributed by atoms with Gasteiger partial charge in [-0.3, -0.25) is 4.79 Å². The van der Waals surface area contributed by atoms with Crippen molar-refractivity contribution < 1.29 is 4.79 Å². The lowest BCUT2D eigenvalue weighted by Crippen LogP contribution is -2.50. The van der Waals surface area contributed by atoms with E-state index >= 15 is 0 Å². The van der Waals surface area contributed by atoms with E-state index in [1.165, 1.54) is 0 Å². The quantitative estimate of drug-likeness (QED) is 0.703. The number of hydrogen-bond donors (Lipinski definition) is 1. The van der Waals surface area contributed by atoms with Crippen LogP contribution >= 0.6 is 11.8 Å². The van der Waals surface area contributed by atoms with Gasteiger partial charge in [-0.15, -0.1) is 0 Å². The fourth-order valence-corrected chi connectivity index (χ4v) is 2.61. The molecule has 0 aromatic rings. The molecule has 3 nitrogen and oxygen atoms in total. The number of rotatable bonds is 9. The molecule has 1 atom stereocenters. The highest BCUT2D eigenvalue weighted by atomic mass is 32.2. The summed E-state index contributed by atoms with van der Waals surface area (Å²) in [6.45, 7) is 9.40. The monoisotopic (exact) mass is 274 g/mol. The van der Waals surface area contributed by atoms with E-state index in [9.17, 15) is 4.79 Å². The minimum absolute atomic E-state index is 0.131. The molecule has 0 fully saturated rings. The van der Waals surface area contributed by atoms with Crippen LogP contribution in [-0.4, -0.2) is 41.4 Å². The van der Waals surface area contributed by atoms with Crippen molar-refractivity contribution in [2.45, 2.75) is 59.0 Å². The summed E-state index contributed by atoms with van der Waals surface area (Å²) in [5.41, 5.74) is 6.02. The molecule has 0 spiro atoms. The predicted octanol–water partition coefficient (Wildman–Crippen LogP) is 2.74. The summed E-state index contributed by atoms with van der Waals surface area (Å²) in [6, 6.07) is -0.00275. The molecule has 0 aliphatic rings. The third-order valence-corrected chi connectivity index (χ3v) is 3.82. The molecule has 4 heteroatoms. The summed E-state index contributed by atoms with van der Waals surface area (Å²) in [5, 5.41) is 0. The minimum atomic E-state index is -0.336. The predicted molar refractivity (Wildman–Crippen MR) is 81.9 cm³/mol. The van der Waals surface area contributed by atoms with Gasteiger partial charge in [0.2, 0.25) is 5.91 Å². The summed E-state index contributed by atoms with van der Waals surface area (Å²) >= 11 is 1.74. The van der Waals surface area contributed by atoms with Crippen LogP contribution in [0, 0.1) is 5.92 Å². The number of carbonyl (C=O) groups is 1. The Balaban J connectivity index is 4.66. The molecule has 18 heavy (non-hydrogen) atoms. The van der Waals surface area contributed by atoms with Gasteiger partial charge in [-0.05, 0) is 37.2 Å². The van der Waals surface area contributed by atoms with Crippen molar-refractivity contribution in [2.24, 2.45) is 11.7 Å². The van der Waals surface area contributed by atoms with Gasteiger partial charge in [-0.2, -0.15) is 11.8 Å². The van der Waals surface area contributed by atoms with Gasteiger partial charge in [-0.1, -0.05) is 27.7 Å². The third kappa shape index (κ3) is 6.10. The number of nitrogens with zero attached hydrogens (tertiary/aromatic N) is 1. The molecule has 2 N–H and O–H groups in total. The number of hydrogen-bond acceptors (Lipinski definition) is 3. The van der Waals surface area contributed by atoms with Crippen LogP contribution in [0.1, 0.15) is 47.0 Å². The molecule has 0 aromatic heterocycles. The average molecular weight is 274 g/mol. The highest BCUT2D eigenvalue weighted by molar-refractivity contribution is 7.98.